The summed E-state index contributed by atoms with van der Waals surface area (Å²) < 4.78 is 2.62. The third-order valence-electron chi connectivity index (χ3n) is 2.46. The molecule has 0 aliphatic heterocycles. The summed E-state index contributed by atoms with van der Waals surface area (Å²) in [5.74, 6) is -0.337. The summed E-state index contributed by atoms with van der Waals surface area (Å²) in [4.78, 5) is 10.5. The Morgan fingerprint density at radius 2 is 2.25 bits per heavy atom. The first-order valence-electron chi connectivity index (χ1n) is 6.18. The second kappa shape index (κ2) is 6.36. The van der Waals surface area contributed by atoms with Gasteiger partial charge in [0.15, 0.2) is 9.35 Å². The molecule has 20 heavy (non-hydrogen) atoms. The molecule has 0 aliphatic carbocycles. The number of aromatic nitrogens is 4. The van der Waals surface area contributed by atoms with E-state index < -0.39 is 5.97 Å². The molecule has 2 aromatic rings. The summed E-state index contributed by atoms with van der Waals surface area (Å²) in [5, 5.41) is 22.0. The molecular weight excluding hydrogens is 296 g/mol. The van der Waals surface area contributed by atoms with Gasteiger partial charge in [0.25, 0.3) is 0 Å². The maximum Gasteiger partial charge on any atom is 0.313 e. The number of nitrogens with zero attached hydrogens (tertiary/aromatic N) is 4. The predicted molar refractivity (Wildman–Crippen MR) is 79.1 cm³/mol. The van der Waals surface area contributed by atoms with Crippen molar-refractivity contribution in [2.24, 2.45) is 5.92 Å². The number of hydrogen-bond acceptors (Lipinski definition) is 6. The average Bonchev–Trinajstić information content (AvgIpc) is 2.94. The van der Waals surface area contributed by atoms with Gasteiger partial charge in [0.05, 0.1) is 5.75 Å². The number of carboxylic acid groups (broad SMARTS) is 1. The molecule has 2 aromatic heterocycles. The zero-order valence-electron chi connectivity index (χ0n) is 11.5. The molecule has 0 amide bonds. The minimum Gasteiger partial charge on any atom is -0.481 e. The van der Waals surface area contributed by atoms with Gasteiger partial charge in [-0.05, 0) is 18.9 Å². The highest BCUT2D eigenvalue weighted by Gasteiger charge is 2.13. The largest absolute Gasteiger partial charge is 0.481 e. The van der Waals surface area contributed by atoms with Crippen molar-refractivity contribution in [3.05, 3.63) is 11.8 Å². The summed E-state index contributed by atoms with van der Waals surface area (Å²) in [6.07, 6.45) is 0. The lowest BCUT2D eigenvalue weighted by molar-refractivity contribution is -0.133. The first-order chi connectivity index (χ1) is 9.45. The highest BCUT2D eigenvalue weighted by Crippen LogP contribution is 2.29. The summed E-state index contributed by atoms with van der Waals surface area (Å²) in [5.41, 5.74) is 1.88. The minimum atomic E-state index is -0.858. The molecule has 108 valence electrons. The van der Waals surface area contributed by atoms with Crippen molar-refractivity contribution in [2.45, 2.75) is 31.7 Å². The average molecular weight is 312 g/mol. The van der Waals surface area contributed by atoms with Crippen LogP contribution in [0.15, 0.2) is 10.4 Å². The Kier molecular flexibility index (Phi) is 4.77. The Morgan fingerprint density at radius 3 is 2.90 bits per heavy atom. The van der Waals surface area contributed by atoms with Crippen molar-refractivity contribution in [1.82, 2.24) is 20.0 Å². The number of carboxylic acids is 1. The quantitative estimate of drug-likeness (QED) is 0.826. The second-order valence-corrected chi connectivity index (χ2v) is 7.00. The van der Waals surface area contributed by atoms with Crippen LogP contribution in [-0.4, -0.2) is 36.8 Å². The van der Waals surface area contributed by atoms with Gasteiger partial charge in [-0.1, -0.05) is 36.9 Å². The van der Waals surface area contributed by atoms with E-state index in [1.165, 1.54) is 23.1 Å². The van der Waals surface area contributed by atoms with Crippen molar-refractivity contribution >= 4 is 29.1 Å². The molecular formula is C12H16N4O2S2. The summed E-state index contributed by atoms with van der Waals surface area (Å²) >= 11 is 2.55. The molecule has 0 fully saturated rings. The highest BCUT2D eigenvalue weighted by molar-refractivity contribution is 8.01. The van der Waals surface area contributed by atoms with Crippen molar-refractivity contribution < 1.29 is 9.90 Å². The molecule has 0 atom stereocenters. The van der Waals surface area contributed by atoms with Crippen LogP contribution in [0.1, 0.15) is 19.5 Å². The van der Waals surface area contributed by atoms with Gasteiger partial charge in [-0.15, -0.1) is 10.2 Å². The Balaban J connectivity index is 2.13. The Labute approximate surface area is 125 Å². The van der Waals surface area contributed by atoms with Crippen molar-refractivity contribution in [3.63, 3.8) is 0 Å². The molecule has 1 N–H and O–H groups in total. The summed E-state index contributed by atoms with van der Waals surface area (Å²) in [6, 6.07) is 1.98. The lowest BCUT2D eigenvalue weighted by Gasteiger charge is -2.06. The number of rotatable bonds is 6. The van der Waals surface area contributed by atoms with Gasteiger partial charge < -0.3 is 5.11 Å². The van der Waals surface area contributed by atoms with Gasteiger partial charge >= 0.3 is 5.97 Å². The van der Waals surface area contributed by atoms with Crippen LogP contribution in [0.5, 0.6) is 0 Å². The van der Waals surface area contributed by atoms with E-state index in [9.17, 15) is 4.79 Å². The van der Waals surface area contributed by atoms with Crippen molar-refractivity contribution in [1.29, 1.82) is 0 Å². The van der Waals surface area contributed by atoms with Crippen LogP contribution in [0, 0.1) is 12.8 Å². The van der Waals surface area contributed by atoms with E-state index >= 15 is 0 Å². The van der Waals surface area contributed by atoms with Gasteiger partial charge in [0.2, 0.25) is 0 Å². The first-order valence-corrected chi connectivity index (χ1v) is 7.99. The number of hydrogen-bond donors (Lipinski definition) is 1. The summed E-state index contributed by atoms with van der Waals surface area (Å²) in [6.45, 7) is 7.17. The van der Waals surface area contributed by atoms with E-state index in [2.05, 4.69) is 29.1 Å². The van der Waals surface area contributed by atoms with Crippen LogP contribution >= 0.6 is 23.1 Å². The van der Waals surface area contributed by atoms with Gasteiger partial charge in [-0.25, -0.2) is 0 Å². The van der Waals surface area contributed by atoms with Crippen LogP contribution < -0.4 is 0 Å². The number of aliphatic carboxylic acids is 1. The topological polar surface area (TPSA) is 80.9 Å². The molecule has 0 unspecified atom stereocenters. The van der Waals surface area contributed by atoms with E-state index in [1.807, 2.05) is 17.7 Å². The van der Waals surface area contributed by atoms with Crippen LogP contribution in [0.4, 0.5) is 0 Å². The molecule has 0 bridgehead atoms. The number of thioether (sulfide) groups is 1. The maximum atomic E-state index is 10.5. The highest BCUT2D eigenvalue weighted by atomic mass is 32.2. The van der Waals surface area contributed by atoms with E-state index in [-0.39, 0.29) is 5.75 Å². The van der Waals surface area contributed by atoms with E-state index in [1.54, 1.807) is 0 Å². The lowest BCUT2D eigenvalue weighted by atomic mass is 10.2. The summed E-state index contributed by atoms with van der Waals surface area (Å²) in [7, 11) is 0. The van der Waals surface area contributed by atoms with Crippen molar-refractivity contribution in [3.8, 4) is 10.7 Å². The van der Waals surface area contributed by atoms with E-state index in [0.29, 0.717) is 10.3 Å². The Bertz CT molecular complexity index is 606. The van der Waals surface area contributed by atoms with Crippen LogP contribution in [0.3, 0.4) is 0 Å². The van der Waals surface area contributed by atoms with Crippen LogP contribution in [-0.2, 0) is 11.3 Å². The zero-order valence-corrected chi connectivity index (χ0v) is 13.2. The molecule has 8 heteroatoms. The van der Waals surface area contributed by atoms with Crippen molar-refractivity contribution in [2.75, 3.05) is 5.75 Å². The van der Waals surface area contributed by atoms with Gasteiger partial charge in [-0.3, -0.25) is 9.48 Å². The second-order valence-electron chi connectivity index (χ2n) is 4.80. The fourth-order valence-corrected chi connectivity index (χ4v) is 3.17. The van der Waals surface area contributed by atoms with Gasteiger partial charge in [0.1, 0.15) is 5.69 Å². The van der Waals surface area contributed by atoms with Gasteiger partial charge in [0, 0.05) is 12.2 Å². The molecule has 0 spiro atoms. The molecule has 2 rings (SSSR count). The monoisotopic (exact) mass is 312 g/mol. The number of carbonyl (C=O) groups is 1. The molecule has 0 aromatic carbocycles. The van der Waals surface area contributed by atoms with Gasteiger partial charge in [-0.2, -0.15) is 5.10 Å². The zero-order chi connectivity index (χ0) is 14.7. The smallest absolute Gasteiger partial charge is 0.313 e. The first kappa shape index (κ1) is 15.0. The molecule has 0 saturated heterocycles. The minimum absolute atomic E-state index is 0.00451. The molecule has 0 radical (unpaired) electrons. The normalized spacial score (nSPS) is 11.2. The maximum absolute atomic E-state index is 10.5. The standard InChI is InChI=1S/C12H16N4O2S2/c1-7(2)5-16-8(3)4-9(15-16)11-13-14-12(20-11)19-6-10(17)18/h4,7H,5-6H2,1-3H3,(H,17,18). The Hall–Kier alpha value is -1.41. The molecule has 0 saturated carbocycles. The Morgan fingerprint density at radius 1 is 1.50 bits per heavy atom. The SMILES string of the molecule is Cc1cc(-c2nnc(SCC(=O)O)s2)nn1CC(C)C. The number of aryl methyl sites for hydroxylation is 1. The predicted octanol–water partition coefficient (Wildman–Crippen LogP) is 2.54. The van der Waals surface area contributed by atoms with Crippen LogP contribution in [0.25, 0.3) is 10.7 Å². The fourth-order valence-electron chi connectivity index (χ4n) is 1.64. The molecule has 6 nitrogen and oxygen atoms in total. The fraction of sp³-hybridized carbons (Fsp3) is 0.500. The van der Waals surface area contributed by atoms with Crippen LogP contribution in [0.2, 0.25) is 0 Å². The van der Waals surface area contributed by atoms with E-state index in [4.69, 9.17) is 5.11 Å². The van der Waals surface area contributed by atoms with E-state index in [0.717, 1.165) is 22.9 Å². The molecule has 0 aliphatic rings. The third kappa shape index (κ3) is 3.80. The molecule has 2 heterocycles. The lowest BCUT2D eigenvalue weighted by Crippen LogP contribution is -2.07. The third-order valence-corrected chi connectivity index (χ3v) is 4.53.